The quantitative estimate of drug-likeness (QED) is 0.220. The molecule has 3 atom stereocenters. The van der Waals surface area contributed by atoms with Crippen LogP contribution in [0.2, 0.25) is 0 Å². The Morgan fingerprint density at radius 3 is 1.93 bits per heavy atom. The lowest BCUT2D eigenvalue weighted by atomic mass is 9.85. The second-order valence-electron chi connectivity index (χ2n) is 12.1. The van der Waals surface area contributed by atoms with Gasteiger partial charge in [0.05, 0.1) is 19.6 Å². The summed E-state index contributed by atoms with van der Waals surface area (Å²) >= 11 is 0. The van der Waals surface area contributed by atoms with Crippen LogP contribution in [0.25, 0.3) is 0 Å². The minimum atomic E-state index is -1.41. The third kappa shape index (κ3) is 12.6. The lowest BCUT2D eigenvalue weighted by Crippen LogP contribution is -2.60. The molecule has 0 heterocycles. The van der Waals surface area contributed by atoms with Gasteiger partial charge in [-0.1, -0.05) is 71.9 Å². The Morgan fingerprint density at radius 1 is 0.850 bits per heavy atom. The van der Waals surface area contributed by atoms with Crippen molar-refractivity contribution in [1.82, 2.24) is 26.3 Å². The Kier molecular flexibility index (Phi) is 13.2. The molecule has 0 unspecified atom stereocenters. The van der Waals surface area contributed by atoms with E-state index in [1.165, 1.54) is 19.0 Å². The lowest BCUT2D eigenvalue weighted by molar-refractivity contribution is -0.142. The minimum absolute atomic E-state index is 0.0593. The fourth-order valence-electron chi connectivity index (χ4n) is 3.49. The fourth-order valence-corrected chi connectivity index (χ4v) is 3.49. The molecule has 1 rings (SSSR count). The van der Waals surface area contributed by atoms with E-state index in [-0.39, 0.29) is 24.3 Å². The van der Waals surface area contributed by atoms with Gasteiger partial charge >= 0.3 is 0 Å². The van der Waals surface area contributed by atoms with Crippen molar-refractivity contribution in [2.75, 3.05) is 20.7 Å². The molecule has 0 bridgehead atoms. The largest absolute Gasteiger partial charge is 0.394 e. The van der Waals surface area contributed by atoms with Gasteiger partial charge in [-0.05, 0) is 16.4 Å². The number of hydroxylamine groups is 1. The zero-order chi connectivity index (χ0) is 30.7. The topological polar surface area (TPSA) is 166 Å². The van der Waals surface area contributed by atoms with Crippen molar-refractivity contribution >= 4 is 29.5 Å². The van der Waals surface area contributed by atoms with Gasteiger partial charge in [-0.3, -0.25) is 28.8 Å². The summed E-state index contributed by atoms with van der Waals surface area (Å²) in [7, 11) is 3.00. The maximum atomic E-state index is 13.3. The first-order valence-electron chi connectivity index (χ1n) is 13.1. The Bertz CT molecular complexity index is 1020. The number of aliphatic hydroxyl groups is 1. The first kappa shape index (κ1) is 34.5. The highest BCUT2D eigenvalue weighted by atomic mass is 16.7. The summed E-state index contributed by atoms with van der Waals surface area (Å²) in [6.07, 6.45) is -0.239. The number of aliphatic hydroxyl groups excluding tert-OH is 1. The highest BCUT2D eigenvalue weighted by molar-refractivity contribution is 5.96. The van der Waals surface area contributed by atoms with Crippen LogP contribution in [-0.4, -0.2) is 78.4 Å². The summed E-state index contributed by atoms with van der Waals surface area (Å²) in [6, 6.07) is 5.21. The summed E-state index contributed by atoms with van der Waals surface area (Å²) in [5.41, 5.74) is 1.93. The molecule has 0 aliphatic heterocycles. The monoisotopic (exact) mass is 563 g/mol. The van der Waals surface area contributed by atoms with Crippen molar-refractivity contribution in [3.05, 3.63) is 35.9 Å². The van der Waals surface area contributed by atoms with E-state index in [9.17, 15) is 29.1 Å². The summed E-state index contributed by atoms with van der Waals surface area (Å²) in [4.78, 5) is 70.6. The van der Waals surface area contributed by atoms with Crippen LogP contribution in [-0.2, 0) is 35.4 Å². The van der Waals surface area contributed by atoms with Gasteiger partial charge in [-0.25, -0.2) is 5.48 Å². The van der Waals surface area contributed by atoms with E-state index in [4.69, 9.17) is 4.84 Å². The molecular weight excluding hydrogens is 518 g/mol. The Morgan fingerprint density at radius 2 is 1.43 bits per heavy atom. The molecule has 0 saturated heterocycles. The molecule has 0 aliphatic rings. The summed E-state index contributed by atoms with van der Waals surface area (Å²) in [6.45, 7) is 10.3. The molecule has 0 radical (unpaired) electrons. The van der Waals surface area contributed by atoms with E-state index < -0.39 is 60.2 Å². The summed E-state index contributed by atoms with van der Waals surface area (Å²) in [5.74, 6) is -3.15. The number of carbonyl (C=O) groups excluding carboxylic acids is 5. The fraction of sp³-hybridized carbons (Fsp3) is 0.607. The van der Waals surface area contributed by atoms with Gasteiger partial charge in [0.1, 0.15) is 18.1 Å². The van der Waals surface area contributed by atoms with E-state index >= 15 is 0 Å². The number of carbonyl (C=O) groups is 5. The number of benzene rings is 1. The molecule has 12 heteroatoms. The molecule has 0 aliphatic carbocycles. The molecule has 224 valence electrons. The Hall–Kier alpha value is -3.51. The number of nitrogens with zero attached hydrogens (tertiary/aromatic N) is 1. The van der Waals surface area contributed by atoms with Crippen molar-refractivity contribution in [3.63, 3.8) is 0 Å². The van der Waals surface area contributed by atoms with E-state index in [1.807, 2.05) is 26.8 Å². The molecule has 5 amide bonds. The first-order valence-corrected chi connectivity index (χ1v) is 13.1. The molecule has 12 nitrogen and oxygen atoms in total. The van der Waals surface area contributed by atoms with Crippen molar-refractivity contribution in [2.24, 2.45) is 10.8 Å². The van der Waals surface area contributed by atoms with E-state index in [1.54, 1.807) is 45.0 Å². The molecule has 0 saturated carbocycles. The second kappa shape index (κ2) is 15.3. The molecule has 1 aromatic rings. The van der Waals surface area contributed by atoms with Crippen molar-refractivity contribution in [1.29, 1.82) is 0 Å². The van der Waals surface area contributed by atoms with Crippen molar-refractivity contribution < 1.29 is 33.9 Å². The molecule has 1 aromatic carbocycles. The van der Waals surface area contributed by atoms with Gasteiger partial charge in [0.25, 0.3) is 5.91 Å². The van der Waals surface area contributed by atoms with Crippen LogP contribution in [0.4, 0.5) is 0 Å². The van der Waals surface area contributed by atoms with Gasteiger partial charge < -0.3 is 26.0 Å². The van der Waals surface area contributed by atoms with Gasteiger partial charge in [-0.2, -0.15) is 0 Å². The van der Waals surface area contributed by atoms with Crippen LogP contribution < -0.4 is 21.4 Å². The van der Waals surface area contributed by atoms with Crippen LogP contribution in [0, 0.1) is 10.8 Å². The van der Waals surface area contributed by atoms with Crippen LogP contribution in [0.3, 0.4) is 0 Å². The summed E-state index contributed by atoms with van der Waals surface area (Å²) < 4.78 is 0. The predicted molar refractivity (Wildman–Crippen MR) is 149 cm³/mol. The first-order chi connectivity index (χ1) is 18.4. The van der Waals surface area contributed by atoms with E-state index in [0.717, 1.165) is 5.56 Å². The van der Waals surface area contributed by atoms with Gasteiger partial charge in [0.15, 0.2) is 0 Å². The highest BCUT2D eigenvalue weighted by Crippen LogP contribution is 2.22. The number of hydrogen-bond acceptors (Lipinski definition) is 7. The van der Waals surface area contributed by atoms with Crippen LogP contribution in [0.1, 0.15) is 59.9 Å². The van der Waals surface area contributed by atoms with Crippen LogP contribution >= 0.6 is 0 Å². The Balaban J connectivity index is 3.00. The smallest absolute Gasteiger partial charge is 0.268 e. The molecule has 5 N–H and O–H groups in total. The Labute approximate surface area is 236 Å². The van der Waals surface area contributed by atoms with E-state index in [2.05, 4.69) is 21.4 Å². The standard InChI is InChI=1S/C28H45N5O7/c1-27(2,3)15-21(35)31-23(28(4,5)6)26(39)29-19(14-22(36)33(7)8)24(37)30-20(16-34)25(38)32-40-17-18-12-10-9-11-13-18/h9-13,19-20,23,34H,14-17H2,1-8H3,(H,29,39)(H,30,37)(H,31,35)(H,32,38)/t19-,20+,23+/m0/s1. The average molecular weight is 564 g/mol. The number of hydrogen-bond donors (Lipinski definition) is 5. The third-order valence-electron chi connectivity index (χ3n) is 5.70. The third-order valence-corrected chi connectivity index (χ3v) is 5.70. The maximum Gasteiger partial charge on any atom is 0.268 e. The van der Waals surface area contributed by atoms with Gasteiger partial charge in [0, 0.05) is 20.5 Å². The van der Waals surface area contributed by atoms with Crippen LogP contribution in [0.5, 0.6) is 0 Å². The molecule has 40 heavy (non-hydrogen) atoms. The second-order valence-corrected chi connectivity index (χ2v) is 12.1. The molecule has 0 spiro atoms. The normalized spacial score (nSPS) is 13.8. The van der Waals surface area contributed by atoms with E-state index in [0.29, 0.717) is 0 Å². The maximum absolute atomic E-state index is 13.3. The van der Waals surface area contributed by atoms with Crippen molar-refractivity contribution in [3.8, 4) is 0 Å². The molecular formula is C28H45N5O7. The SMILES string of the molecule is CN(C)C(=O)C[C@H](NC(=O)[C@@H](NC(=O)CC(C)(C)C)C(C)(C)C)C(=O)N[C@H](CO)C(=O)NOCc1ccccc1. The number of nitrogens with one attached hydrogen (secondary N) is 4. The molecule has 0 aromatic heterocycles. The zero-order valence-corrected chi connectivity index (χ0v) is 24.8. The zero-order valence-electron chi connectivity index (χ0n) is 24.8. The van der Waals surface area contributed by atoms with Gasteiger partial charge in [0.2, 0.25) is 23.6 Å². The minimum Gasteiger partial charge on any atom is -0.394 e. The van der Waals surface area contributed by atoms with Crippen LogP contribution in [0.15, 0.2) is 30.3 Å². The van der Waals surface area contributed by atoms with Gasteiger partial charge in [-0.15, -0.1) is 0 Å². The highest BCUT2D eigenvalue weighted by Gasteiger charge is 2.37. The molecule has 0 fully saturated rings. The van der Waals surface area contributed by atoms with Crippen molar-refractivity contribution in [2.45, 2.75) is 79.1 Å². The number of rotatable bonds is 13. The average Bonchev–Trinajstić information content (AvgIpc) is 2.83. The predicted octanol–water partition coefficient (Wildman–Crippen LogP) is 0.642. The summed E-state index contributed by atoms with van der Waals surface area (Å²) in [5, 5.41) is 17.4. The number of amides is 5. The lowest BCUT2D eigenvalue weighted by Gasteiger charge is -2.33.